The summed E-state index contributed by atoms with van der Waals surface area (Å²) in [6, 6.07) is 15.4. The van der Waals surface area contributed by atoms with Crippen LogP contribution in [0.25, 0.3) is 0 Å². The molecule has 0 aliphatic carbocycles. The fraction of sp³-hybridized carbons (Fsp3) is 0.417. The van der Waals surface area contributed by atoms with Crippen LogP contribution in [0.3, 0.4) is 0 Å². The average molecular weight is 424 g/mol. The van der Waals surface area contributed by atoms with E-state index in [9.17, 15) is 9.59 Å². The Morgan fingerprint density at radius 1 is 1.10 bits per heavy atom. The largest absolute Gasteiger partial charge is 0.497 e. The fourth-order valence-corrected chi connectivity index (χ4v) is 4.15. The van der Waals surface area contributed by atoms with Crippen molar-refractivity contribution in [3.05, 3.63) is 54.1 Å². The zero-order valence-electron chi connectivity index (χ0n) is 18.1. The molecule has 2 saturated heterocycles. The molecule has 0 aromatic heterocycles. The van der Waals surface area contributed by atoms with Crippen molar-refractivity contribution in [2.75, 3.05) is 43.6 Å². The lowest BCUT2D eigenvalue weighted by Gasteiger charge is -2.34. The summed E-state index contributed by atoms with van der Waals surface area (Å²) in [5, 5.41) is 3.01. The van der Waals surface area contributed by atoms with E-state index >= 15 is 0 Å². The number of amides is 2. The van der Waals surface area contributed by atoms with Crippen molar-refractivity contribution in [2.45, 2.75) is 31.8 Å². The molecule has 2 aromatic rings. The predicted octanol–water partition coefficient (Wildman–Crippen LogP) is 3.05. The van der Waals surface area contributed by atoms with Gasteiger partial charge in [-0.1, -0.05) is 12.1 Å². The van der Waals surface area contributed by atoms with Crippen molar-refractivity contribution in [3.8, 4) is 5.75 Å². The van der Waals surface area contributed by atoms with Crippen LogP contribution in [0, 0.1) is 0 Å². The number of hydrogen-bond acceptors (Lipinski definition) is 5. The summed E-state index contributed by atoms with van der Waals surface area (Å²) in [7, 11) is 1.62. The van der Waals surface area contributed by atoms with Crippen LogP contribution in [-0.4, -0.2) is 55.7 Å². The minimum atomic E-state index is -0.889. The molecular weight excluding hydrogens is 394 g/mol. The van der Waals surface area contributed by atoms with Crippen LogP contribution < -0.4 is 15.0 Å². The first kappa shape index (κ1) is 21.2. The number of carbonyl (C=O) groups excluding carboxylic acids is 2. The van der Waals surface area contributed by atoms with Gasteiger partial charge in [0.1, 0.15) is 11.3 Å². The first-order valence-electron chi connectivity index (χ1n) is 10.7. The third kappa shape index (κ3) is 4.51. The van der Waals surface area contributed by atoms with E-state index in [0.717, 1.165) is 49.0 Å². The van der Waals surface area contributed by atoms with Crippen molar-refractivity contribution >= 4 is 23.2 Å². The number of morpholine rings is 1. The molecule has 1 atom stereocenters. The molecule has 2 aromatic carbocycles. The third-order valence-corrected chi connectivity index (χ3v) is 6.21. The maximum absolute atomic E-state index is 13.2. The van der Waals surface area contributed by atoms with Gasteiger partial charge >= 0.3 is 0 Å². The lowest BCUT2D eigenvalue weighted by molar-refractivity contribution is -0.138. The van der Waals surface area contributed by atoms with Gasteiger partial charge in [-0.15, -0.1) is 0 Å². The first-order chi connectivity index (χ1) is 15.0. The number of anilines is 2. The molecule has 7 heteroatoms. The van der Waals surface area contributed by atoms with Gasteiger partial charge in [-0.2, -0.15) is 0 Å². The minimum absolute atomic E-state index is 0.00358. The summed E-state index contributed by atoms with van der Waals surface area (Å²) < 4.78 is 10.6. The minimum Gasteiger partial charge on any atom is -0.497 e. The Morgan fingerprint density at radius 2 is 1.77 bits per heavy atom. The Kier molecular flexibility index (Phi) is 6.13. The van der Waals surface area contributed by atoms with Crippen LogP contribution in [0.1, 0.15) is 25.3 Å². The lowest BCUT2D eigenvalue weighted by Crippen LogP contribution is -2.51. The number of likely N-dealkylation sites (tertiary alicyclic amines) is 1. The summed E-state index contributed by atoms with van der Waals surface area (Å²) in [5.41, 5.74) is 1.92. The standard InChI is InChI=1S/C24H29N3O4/c1-24(12-11-22(28)27(24)17-18-3-9-21(30-2)10-4-18)23(29)25-19-5-7-20(8-6-19)26-13-15-31-16-14-26/h3-10H,11-17H2,1-2H3,(H,25,29)/t24-/m1/s1. The quantitative estimate of drug-likeness (QED) is 0.773. The van der Waals surface area contributed by atoms with E-state index in [-0.39, 0.29) is 11.8 Å². The van der Waals surface area contributed by atoms with E-state index in [1.54, 1.807) is 12.0 Å². The van der Waals surface area contributed by atoms with Crippen LogP contribution in [0.2, 0.25) is 0 Å². The molecule has 4 rings (SSSR count). The highest BCUT2D eigenvalue weighted by Crippen LogP contribution is 2.33. The molecule has 1 N–H and O–H groups in total. The van der Waals surface area contributed by atoms with Crippen molar-refractivity contribution in [1.29, 1.82) is 0 Å². The molecule has 164 valence electrons. The molecule has 2 aliphatic heterocycles. The summed E-state index contributed by atoms with van der Waals surface area (Å²) in [6.07, 6.45) is 0.871. The number of nitrogens with one attached hydrogen (secondary N) is 1. The van der Waals surface area contributed by atoms with Crippen LogP contribution >= 0.6 is 0 Å². The van der Waals surface area contributed by atoms with Gasteiger partial charge in [0.15, 0.2) is 0 Å². The second kappa shape index (κ2) is 8.98. The molecule has 2 heterocycles. The summed E-state index contributed by atoms with van der Waals surface area (Å²) in [6.45, 7) is 5.43. The molecular formula is C24H29N3O4. The monoisotopic (exact) mass is 423 g/mol. The molecule has 0 saturated carbocycles. The van der Waals surface area contributed by atoms with Crippen LogP contribution in [0.5, 0.6) is 5.75 Å². The number of carbonyl (C=O) groups is 2. The first-order valence-corrected chi connectivity index (χ1v) is 10.7. The van der Waals surface area contributed by atoms with Gasteiger partial charge in [-0.25, -0.2) is 0 Å². The van der Waals surface area contributed by atoms with Crippen molar-refractivity contribution < 1.29 is 19.1 Å². The molecule has 31 heavy (non-hydrogen) atoms. The Morgan fingerprint density at radius 3 is 2.42 bits per heavy atom. The number of hydrogen-bond donors (Lipinski definition) is 1. The molecule has 7 nitrogen and oxygen atoms in total. The number of nitrogens with zero attached hydrogens (tertiary/aromatic N) is 2. The highest BCUT2D eigenvalue weighted by Gasteiger charge is 2.47. The Balaban J connectivity index is 1.44. The SMILES string of the molecule is COc1ccc(CN2C(=O)CC[C@]2(C)C(=O)Nc2ccc(N3CCOCC3)cc2)cc1. The smallest absolute Gasteiger partial charge is 0.250 e. The Hall–Kier alpha value is -3.06. The number of ether oxygens (including phenoxy) is 2. The highest BCUT2D eigenvalue weighted by molar-refractivity contribution is 6.02. The highest BCUT2D eigenvalue weighted by atomic mass is 16.5. The average Bonchev–Trinajstić information content (AvgIpc) is 3.10. The summed E-state index contributed by atoms with van der Waals surface area (Å²) in [4.78, 5) is 29.8. The second-order valence-electron chi connectivity index (χ2n) is 8.20. The van der Waals surface area contributed by atoms with Gasteiger partial charge < -0.3 is 24.6 Å². The van der Waals surface area contributed by atoms with Crippen molar-refractivity contribution in [3.63, 3.8) is 0 Å². The summed E-state index contributed by atoms with van der Waals surface area (Å²) >= 11 is 0. The zero-order chi connectivity index (χ0) is 21.8. The van der Waals surface area contributed by atoms with E-state index in [1.807, 2.05) is 55.5 Å². The number of methoxy groups -OCH3 is 1. The van der Waals surface area contributed by atoms with E-state index in [1.165, 1.54) is 0 Å². The van der Waals surface area contributed by atoms with Gasteiger partial charge in [-0.05, 0) is 55.3 Å². The lowest BCUT2D eigenvalue weighted by atomic mass is 9.97. The molecule has 0 radical (unpaired) electrons. The number of benzene rings is 2. The van der Waals surface area contributed by atoms with Gasteiger partial charge in [0.2, 0.25) is 11.8 Å². The predicted molar refractivity (Wildman–Crippen MR) is 119 cm³/mol. The molecule has 0 bridgehead atoms. The maximum atomic E-state index is 13.2. The Bertz CT molecular complexity index is 923. The van der Waals surface area contributed by atoms with Crippen molar-refractivity contribution in [2.24, 2.45) is 0 Å². The summed E-state index contributed by atoms with van der Waals surface area (Å²) in [5.74, 6) is 0.597. The third-order valence-electron chi connectivity index (χ3n) is 6.21. The zero-order valence-corrected chi connectivity index (χ0v) is 18.1. The molecule has 2 aliphatic rings. The normalized spacial score (nSPS) is 21.3. The Labute approximate surface area is 182 Å². The second-order valence-corrected chi connectivity index (χ2v) is 8.20. The maximum Gasteiger partial charge on any atom is 0.250 e. The van der Waals surface area contributed by atoms with Crippen molar-refractivity contribution in [1.82, 2.24) is 4.90 Å². The van der Waals surface area contributed by atoms with Gasteiger partial charge in [0.05, 0.1) is 20.3 Å². The van der Waals surface area contributed by atoms with E-state index in [2.05, 4.69) is 10.2 Å². The molecule has 2 fully saturated rings. The van der Waals surface area contributed by atoms with Gasteiger partial charge in [0, 0.05) is 37.4 Å². The van der Waals surface area contributed by atoms with Gasteiger partial charge in [-0.3, -0.25) is 9.59 Å². The molecule has 0 spiro atoms. The van der Waals surface area contributed by atoms with E-state index in [4.69, 9.17) is 9.47 Å². The van der Waals surface area contributed by atoms with Gasteiger partial charge in [0.25, 0.3) is 0 Å². The van der Waals surface area contributed by atoms with E-state index in [0.29, 0.717) is 19.4 Å². The fourth-order valence-electron chi connectivity index (χ4n) is 4.15. The van der Waals surface area contributed by atoms with Crippen LogP contribution in [0.4, 0.5) is 11.4 Å². The number of rotatable bonds is 6. The molecule has 0 unspecified atom stereocenters. The van der Waals surface area contributed by atoms with E-state index < -0.39 is 5.54 Å². The van der Waals surface area contributed by atoms with Crippen LogP contribution in [-0.2, 0) is 20.9 Å². The molecule has 2 amide bonds. The van der Waals surface area contributed by atoms with Crippen LogP contribution in [0.15, 0.2) is 48.5 Å². The topological polar surface area (TPSA) is 71.1 Å².